The van der Waals surface area contributed by atoms with E-state index in [0.29, 0.717) is 12.6 Å². The zero-order valence-corrected chi connectivity index (χ0v) is 16.9. The van der Waals surface area contributed by atoms with Crippen LogP contribution in [0.5, 0.6) is 0 Å². The molecule has 0 spiro atoms. The normalized spacial score (nSPS) is 21.7. The van der Waals surface area contributed by atoms with Crippen molar-refractivity contribution in [3.05, 3.63) is 65.5 Å². The van der Waals surface area contributed by atoms with Crippen LogP contribution in [0.4, 0.5) is 23.2 Å². The van der Waals surface area contributed by atoms with Crippen LogP contribution in [0.1, 0.15) is 24.0 Å². The molecule has 2 heterocycles. The summed E-state index contributed by atoms with van der Waals surface area (Å²) in [6.45, 7) is 6.38. The van der Waals surface area contributed by atoms with Gasteiger partial charge in [0, 0.05) is 51.0 Å². The first-order valence-corrected chi connectivity index (χ1v) is 10.5. The van der Waals surface area contributed by atoms with E-state index in [1.807, 2.05) is 12.1 Å². The Kier molecular flexibility index (Phi) is 6.29. The Balaban J connectivity index is 1.29. The summed E-state index contributed by atoms with van der Waals surface area (Å²) in [4.78, 5) is 7.17. The third kappa shape index (κ3) is 5.13. The van der Waals surface area contributed by atoms with E-state index in [4.69, 9.17) is 0 Å². The standard InChI is InChI=1S/C23H27F4N3/c24-20-7-9-21(10-8-20)29-12-14-30(15-13-29)22-2-1-11-28(17-22)16-18-3-5-19(6-4-18)23(25,26)27/h3-10,22H,1-2,11-17H2/t22-/m0/s1. The summed E-state index contributed by atoms with van der Waals surface area (Å²) < 4.78 is 51.4. The summed E-state index contributed by atoms with van der Waals surface area (Å²) in [6.07, 6.45) is -2.03. The van der Waals surface area contributed by atoms with E-state index in [1.165, 1.54) is 24.3 Å². The maximum atomic E-state index is 13.1. The zero-order chi connectivity index (χ0) is 21.1. The van der Waals surface area contributed by atoms with E-state index < -0.39 is 11.7 Å². The van der Waals surface area contributed by atoms with Crippen LogP contribution in [0.15, 0.2) is 48.5 Å². The monoisotopic (exact) mass is 421 g/mol. The fraction of sp³-hybridized carbons (Fsp3) is 0.478. The second kappa shape index (κ2) is 8.94. The molecule has 0 N–H and O–H groups in total. The molecule has 2 saturated heterocycles. The van der Waals surface area contributed by atoms with Crippen molar-refractivity contribution in [1.29, 1.82) is 0 Å². The number of nitrogens with zero attached hydrogens (tertiary/aromatic N) is 3. The number of anilines is 1. The van der Waals surface area contributed by atoms with Crippen LogP contribution in [0.25, 0.3) is 0 Å². The first kappa shape index (κ1) is 21.1. The number of halogens is 4. The van der Waals surface area contributed by atoms with Gasteiger partial charge in [-0.05, 0) is 61.3 Å². The minimum Gasteiger partial charge on any atom is -0.369 e. The molecule has 0 bridgehead atoms. The average molecular weight is 421 g/mol. The number of benzene rings is 2. The first-order chi connectivity index (χ1) is 14.4. The molecule has 4 rings (SSSR count). The Hall–Kier alpha value is -2.12. The van der Waals surface area contributed by atoms with Gasteiger partial charge in [0.15, 0.2) is 0 Å². The molecular weight excluding hydrogens is 394 g/mol. The van der Waals surface area contributed by atoms with Crippen LogP contribution in [0.2, 0.25) is 0 Å². The molecule has 2 fully saturated rings. The average Bonchev–Trinajstić information content (AvgIpc) is 2.74. The van der Waals surface area contributed by atoms with Gasteiger partial charge < -0.3 is 4.90 Å². The lowest BCUT2D eigenvalue weighted by Gasteiger charge is -2.44. The van der Waals surface area contributed by atoms with Gasteiger partial charge in [-0.25, -0.2) is 4.39 Å². The maximum absolute atomic E-state index is 13.1. The van der Waals surface area contributed by atoms with Gasteiger partial charge in [0.05, 0.1) is 5.56 Å². The fourth-order valence-corrected chi connectivity index (χ4v) is 4.53. The second-order valence-corrected chi connectivity index (χ2v) is 8.23. The van der Waals surface area contributed by atoms with Gasteiger partial charge >= 0.3 is 6.18 Å². The van der Waals surface area contributed by atoms with Gasteiger partial charge in [0.2, 0.25) is 0 Å². The summed E-state index contributed by atoms with van der Waals surface area (Å²) in [5.41, 5.74) is 1.38. The van der Waals surface area contributed by atoms with Crippen molar-refractivity contribution in [1.82, 2.24) is 9.80 Å². The molecule has 0 radical (unpaired) electrons. The second-order valence-electron chi connectivity index (χ2n) is 8.23. The highest BCUT2D eigenvalue weighted by Crippen LogP contribution is 2.29. The summed E-state index contributed by atoms with van der Waals surface area (Å²) >= 11 is 0. The van der Waals surface area contributed by atoms with Crippen molar-refractivity contribution in [3.63, 3.8) is 0 Å². The molecule has 3 nitrogen and oxygen atoms in total. The third-order valence-corrected chi connectivity index (χ3v) is 6.19. The zero-order valence-electron chi connectivity index (χ0n) is 16.9. The molecule has 7 heteroatoms. The number of hydrogen-bond donors (Lipinski definition) is 0. The van der Waals surface area contributed by atoms with E-state index in [-0.39, 0.29) is 5.82 Å². The molecule has 2 aliphatic heterocycles. The maximum Gasteiger partial charge on any atom is 0.416 e. The predicted octanol–water partition coefficient (Wildman–Crippen LogP) is 4.63. The van der Waals surface area contributed by atoms with Crippen LogP contribution >= 0.6 is 0 Å². The molecule has 0 amide bonds. The van der Waals surface area contributed by atoms with Gasteiger partial charge in [-0.15, -0.1) is 0 Å². The quantitative estimate of drug-likeness (QED) is 0.667. The molecule has 2 aromatic carbocycles. The van der Waals surface area contributed by atoms with Gasteiger partial charge in [0.25, 0.3) is 0 Å². The van der Waals surface area contributed by atoms with Gasteiger partial charge in [0.1, 0.15) is 5.82 Å². The van der Waals surface area contributed by atoms with Crippen molar-refractivity contribution in [2.75, 3.05) is 44.2 Å². The van der Waals surface area contributed by atoms with Crippen LogP contribution in [-0.4, -0.2) is 55.1 Å². The lowest BCUT2D eigenvalue weighted by atomic mass is 10.0. The van der Waals surface area contributed by atoms with Crippen molar-refractivity contribution in [2.24, 2.45) is 0 Å². The first-order valence-electron chi connectivity index (χ1n) is 10.5. The Labute approximate surface area is 174 Å². The van der Waals surface area contributed by atoms with Crippen molar-refractivity contribution >= 4 is 5.69 Å². The van der Waals surface area contributed by atoms with E-state index in [2.05, 4.69) is 14.7 Å². The van der Waals surface area contributed by atoms with Crippen LogP contribution in [0.3, 0.4) is 0 Å². The van der Waals surface area contributed by atoms with Crippen LogP contribution < -0.4 is 4.90 Å². The molecule has 0 unspecified atom stereocenters. The number of piperidine rings is 1. The number of piperazine rings is 1. The molecule has 0 aliphatic carbocycles. The summed E-state index contributed by atoms with van der Waals surface area (Å²) in [5, 5.41) is 0. The Bertz CT molecular complexity index is 812. The number of alkyl halides is 3. The number of hydrogen-bond acceptors (Lipinski definition) is 3. The van der Waals surface area contributed by atoms with E-state index in [0.717, 1.165) is 63.4 Å². The molecule has 162 valence electrons. The van der Waals surface area contributed by atoms with Crippen LogP contribution in [-0.2, 0) is 12.7 Å². The summed E-state index contributed by atoms with van der Waals surface area (Å²) in [5.74, 6) is -0.215. The number of likely N-dealkylation sites (tertiary alicyclic amines) is 1. The van der Waals surface area contributed by atoms with E-state index in [9.17, 15) is 17.6 Å². The third-order valence-electron chi connectivity index (χ3n) is 6.19. The Morgan fingerprint density at radius 1 is 0.833 bits per heavy atom. The van der Waals surface area contributed by atoms with Crippen molar-refractivity contribution in [3.8, 4) is 0 Å². The minimum absolute atomic E-state index is 0.215. The highest BCUT2D eigenvalue weighted by atomic mass is 19.4. The Morgan fingerprint density at radius 2 is 1.50 bits per heavy atom. The SMILES string of the molecule is Fc1ccc(N2CCN([C@H]3CCCN(Cc4ccc(C(F)(F)F)cc4)C3)CC2)cc1. The molecule has 0 saturated carbocycles. The largest absolute Gasteiger partial charge is 0.416 e. The van der Waals surface area contributed by atoms with Gasteiger partial charge in [-0.3, -0.25) is 9.80 Å². The molecule has 0 aromatic heterocycles. The highest BCUT2D eigenvalue weighted by Gasteiger charge is 2.31. The predicted molar refractivity (Wildman–Crippen MR) is 110 cm³/mol. The minimum atomic E-state index is -4.29. The van der Waals surface area contributed by atoms with Crippen LogP contribution in [0, 0.1) is 5.82 Å². The summed E-state index contributed by atoms with van der Waals surface area (Å²) in [7, 11) is 0. The summed E-state index contributed by atoms with van der Waals surface area (Å²) in [6, 6.07) is 12.7. The topological polar surface area (TPSA) is 9.72 Å². The van der Waals surface area contributed by atoms with Gasteiger partial charge in [-0.1, -0.05) is 12.1 Å². The molecule has 2 aliphatic rings. The highest BCUT2D eigenvalue weighted by molar-refractivity contribution is 5.46. The Morgan fingerprint density at radius 3 is 2.13 bits per heavy atom. The van der Waals surface area contributed by atoms with Crippen molar-refractivity contribution in [2.45, 2.75) is 31.6 Å². The van der Waals surface area contributed by atoms with Gasteiger partial charge in [-0.2, -0.15) is 13.2 Å². The smallest absolute Gasteiger partial charge is 0.369 e. The van der Waals surface area contributed by atoms with Crippen molar-refractivity contribution < 1.29 is 17.6 Å². The molecule has 30 heavy (non-hydrogen) atoms. The van der Waals surface area contributed by atoms with E-state index in [1.54, 1.807) is 12.1 Å². The lowest BCUT2D eigenvalue weighted by molar-refractivity contribution is -0.137. The molecular formula is C23H27F4N3. The molecule has 2 aromatic rings. The molecule has 1 atom stereocenters. The fourth-order valence-electron chi connectivity index (χ4n) is 4.53. The number of rotatable bonds is 4. The van der Waals surface area contributed by atoms with E-state index >= 15 is 0 Å². The lowest BCUT2D eigenvalue weighted by Crippen LogP contribution is -2.55.